The quantitative estimate of drug-likeness (QED) is 0.755. The first-order chi connectivity index (χ1) is 14.0. The molecular formula is C22H26N2O4S. The summed E-state index contributed by atoms with van der Waals surface area (Å²) < 4.78 is 33.2. The van der Waals surface area contributed by atoms with Gasteiger partial charge >= 0.3 is 0 Å². The number of nitrogens with zero attached hydrogens (tertiary/aromatic N) is 2. The fraction of sp³-hybridized carbons (Fsp3) is 0.409. The van der Waals surface area contributed by atoms with Crippen LogP contribution in [0.3, 0.4) is 0 Å². The first-order valence-electron chi connectivity index (χ1n) is 9.97. The lowest BCUT2D eigenvalue weighted by Crippen LogP contribution is -2.38. The molecule has 1 amide bonds. The Labute approximate surface area is 172 Å². The van der Waals surface area contributed by atoms with Crippen molar-refractivity contribution in [2.45, 2.75) is 36.7 Å². The highest BCUT2D eigenvalue weighted by molar-refractivity contribution is 7.89. The lowest BCUT2D eigenvalue weighted by Gasteiger charge is -2.30. The third kappa shape index (κ3) is 3.95. The van der Waals surface area contributed by atoms with Gasteiger partial charge in [0, 0.05) is 38.3 Å². The molecular weight excluding hydrogens is 388 g/mol. The first-order valence-corrected chi connectivity index (χ1v) is 11.4. The first kappa shape index (κ1) is 20.1. The highest BCUT2D eigenvalue weighted by Gasteiger charge is 2.35. The van der Waals surface area contributed by atoms with Gasteiger partial charge in [0.1, 0.15) is 0 Å². The number of carbonyl (C=O) groups is 1. The molecule has 0 aliphatic carbocycles. The summed E-state index contributed by atoms with van der Waals surface area (Å²) in [6.07, 6.45) is 2.39. The van der Waals surface area contributed by atoms with Crippen LogP contribution in [-0.2, 0) is 27.7 Å². The number of rotatable bonds is 5. The van der Waals surface area contributed by atoms with E-state index in [2.05, 4.69) is 0 Å². The minimum atomic E-state index is -3.58. The summed E-state index contributed by atoms with van der Waals surface area (Å²) in [6.45, 7) is 1.98. The maximum atomic E-state index is 13.2. The molecule has 0 saturated carbocycles. The molecule has 0 bridgehead atoms. The molecule has 7 heteroatoms. The van der Waals surface area contributed by atoms with Crippen molar-refractivity contribution in [2.75, 3.05) is 26.8 Å². The number of carbonyl (C=O) groups excluding carboxylic acids is 1. The molecule has 0 aromatic heterocycles. The molecule has 0 N–H and O–H groups in total. The maximum Gasteiger partial charge on any atom is 0.254 e. The predicted molar refractivity (Wildman–Crippen MR) is 110 cm³/mol. The third-order valence-electron chi connectivity index (χ3n) is 5.79. The van der Waals surface area contributed by atoms with Gasteiger partial charge in [0.05, 0.1) is 11.5 Å². The highest BCUT2D eigenvalue weighted by Crippen LogP contribution is 2.29. The topological polar surface area (TPSA) is 66.9 Å². The maximum absolute atomic E-state index is 13.2. The van der Waals surface area contributed by atoms with Gasteiger partial charge in [-0.15, -0.1) is 0 Å². The molecule has 29 heavy (non-hydrogen) atoms. The molecule has 2 aliphatic rings. The SMILES string of the molecule is COC[C@H]1CCCN1S(=O)(=O)c1ccc2c(c1)CN(C(=O)c1ccccc1)CC2. The van der Waals surface area contributed by atoms with Crippen LogP contribution in [0.25, 0.3) is 0 Å². The monoisotopic (exact) mass is 414 g/mol. The Hall–Kier alpha value is -2.22. The Bertz CT molecular complexity index is 991. The van der Waals surface area contributed by atoms with E-state index in [1.54, 1.807) is 28.4 Å². The van der Waals surface area contributed by atoms with E-state index in [0.29, 0.717) is 36.7 Å². The van der Waals surface area contributed by atoms with E-state index in [1.165, 1.54) is 0 Å². The van der Waals surface area contributed by atoms with Crippen LogP contribution >= 0.6 is 0 Å². The standard InChI is InChI=1S/C22H26N2O4S/c1-28-16-20-8-5-12-24(20)29(26,27)21-10-9-17-11-13-23(15-19(17)14-21)22(25)18-6-3-2-4-7-18/h2-4,6-7,9-10,14,20H,5,8,11-13,15-16H2,1H3/t20-/m1/s1. The Morgan fingerprint density at radius 1 is 1.10 bits per heavy atom. The van der Waals surface area contributed by atoms with Gasteiger partial charge < -0.3 is 9.64 Å². The molecule has 2 aliphatic heterocycles. The van der Waals surface area contributed by atoms with E-state index < -0.39 is 10.0 Å². The average molecular weight is 415 g/mol. The van der Waals surface area contributed by atoms with Crippen molar-refractivity contribution in [1.82, 2.24) is 9.21 Å². The molecule has 2 aromatic rings. The number of hydrogen-bond acceptors (Lipinski definition) is 4. The predicted octanol–water partition coefficient (Wildman–Crippen LogP) is 2.68. The van der Waals surface area contributed by atoms with Crippen molar-refractivity contribution in [3.05, 3.63) is 65.2 Å². The van der Waals surface area contributed by atoms with E-state index in [0.717, 1.165) is 30.4 Å². The molecule has 0 radical (unpaired) electrons. The normalized spacial score (nSPS) is 19.9. The minimum absolute atomic E-state index is 0.0239. The van der Waals surface area contributed by atoms with Crippen LogP contribution in [0.5, 0.6) is 0 Å². The summed E-state index contributed by atoms with van der Waals surface area (Å²) in [5.74, 6) is -0.0239. The lowest BCUT2D eigenvalue weighted by molar-refractivity contribution is 0.0734. The molecule has 154 valence electrons. The molecule has 4 rings (SSSR count). The fourth-order valence-electron chi connectivity index (χ4n) is 4.25. The Kier molecular flexibility index (Phi) is 5.72. The number of fused-ring (bicyclic) bond motifs is 1. The third-order valence-corrected chi connectivity index (χ3v) is 7.73. The van der Waals surface area contributed by atoms with Crippen LogP contribution in [0.2, 0.25) is 0 Å². The fourth-order valence-corrected chi connectivity index (χ4v) is 5.98. The van der Waals surface area contributed by atoms with Gasteiger partial charge in [-0.2, -0.15) is 4.31 Å². The molecule has 1 saturated heterocycles. The van der Waals surface area contributed by atoms with E-state index in [4.69, 9.17) is 4.74 Å². The van der Waals surface area contributed by atoms with Crippen LogP contribution in [0.4, 0.5) is 0 Å². The largest absolute Gasteiger partial charge is 0.383 e. The minimum Gasteiger partial charge on any atom is -0.383 e. The summed E-state index contributed by atoms with van der Waals surface area (Å²) >= 11 is 0. The van der Waals surface area contributed by atoms with Gasteiger partial charge in [0.25, 0.3) is 5.91 Å². The van der Waals surface area contributed by atoms with Gasteiger partial charge in [-0.05, 0) is 54.7 Å². The summed E-state index contributed by atoms with van der Waals surface area (Å²) in [6, 6.07) is 14.4. The molecule has 2 aromatic carbocycles. The summed E-state index contributed by atoms with van der Waals surface area (Å²) in [5.41, 5.74) is 2.67. The molecule has 6 nitrogen and oxygen atoms in total. The van der Waals surface area contributed by atoms with Crippen LogP contribution in [0.1, 0.15) is 34.3 Å². The zero-order chi connectivity index (χ0) is 20.4. The Morgan fingerprint density at radius 2 is 1.90 bits per heavy atom. The van der Waals surface area contributed by atoms with Crippen molar-refractivity contribution in [3.63, 3.8) is 0 Å². The second-order valence-electron chi connectivity index (χ2n) is 7.64. The average Bonchev–Trinajstić information content (AvgIpc) is 3.22. The number of benzene rings is 2. The highest BCUT2D eigenvalue weighted by atomic mass is 32.2. The van der Waals surface area contributed by atoms with E-state index in [9.17, 15) is 13.2 Å². The van der Waals surface area contributed by atoms with Crippen molar-refractivity contribution >= 4 is 15.9 Å². The summed E-state index contributed by atoms with van der Waals surface area (Å²) in [5, 5.41) is 0. The van der Waals surface area contributed by atoms with Crippen LogP contribution < -0.4 is 0 Å². The molecule has 1 fully saturated rings. The summed E-state index contributed by atoms with van der Waals surface area (Å²) in [7, 11) is -1.99. The zero-order valence-corrected chi connectivity index (χ0v) is 17.4. The Balaban J connectivity index is 1.58. The van der Waals surface area contributed by atoms with Crippen LogP contribution in [0.15, 0.2) is 53.4 Å². The second kappa shape index (κ2) is 8.26. The smallest absolute Gasteiger partial charge is 0.254 e. The van der Waals surface area contributed by atoms with E-state index >= 15 is 0 Å². The van der Waals surface area contributed by atoms with Gasteiger partial charge in [0.2, 0.25) is 10.0 Å². The number of hydrogen-bond donors (Lipinski definition) is 0. The van der Waals surface area contributed by atoms with E-state index in [1.807, 2.05) is 36.4 Å². The van der Waals surface area contributed by atoms with Crippen molar-refractivity contribution in [1.29, 1.82) is 0 Å². The molecule has 0 unspecified atom stereocenters. The number of sulfonamides is 1. The van der Waals surface area contributed by atoms with Crippen molar-refractivity contribution < 1.29 is 17.9 Å². The summed E-state index contributed by atoms with van der Waals surface area (Å²) in [4.78, 5) is 14.9. The van der Waals surface area contributed by atoms with E-state index in [-0.39, 0.29) is 11.9 Å². The molecule has 1 atom stereocenters. The second-order valence-corrected chi connectivity index (χ2v) is 9.53. The van der Waals surface area contributed by atoms with Gasteiger partial charge in [-0.1, -0.05) is 24.3 Å². The zero-order valence-electron chi connectivity index (χ0n) is 16.6. The van der Waals surface area contributed by atoms with Gasteiger partial charge in [0.15, 0.2) is 0 Å². The number of methoxy groups -OCH3 is 1. The van der Waals surface area contributed by atoms with Crippen molar-refractivity contribution in [3.8, 4) is 0 Å². The molecule has 2 heterocycles. The Morgan fingerprint density at radius 3 is 2.66 bits per heavy atom. The van der Waals surface area contributed by atoms with Crippen LogP contribution in [-0.4, -0.2) is 56.4 Å². The molecule has 0 spiro atoms. The van der Waals surface area contributed by atoms with Crippen molar-refractivity contribution in [2.24, 2.45) is 0 Å². The number of amides is 1. The van der Waals surface area contributed by atoms with Crippen LogP contribution in [0, 0.1) is 0 Å². The number of ether oxygens (including phenoxy) is 1. The van der Waals surface area contributed by atoms with Gasteiger partial charge in [-0.3, -0.25) is 4.79 Å². The van der Waals surface area contributed by atoms with Gasteiger partial charge in [-0.25, -0.2) is 8.42 Å². The lowest BCUT2D eigenvalue weighted by atomic mass is 9.99.